The predicted molar refractivity (Wildman–Crippen MR) is 56.8 cm³/mol. The van der Waals surface area contributed by atoms with E-state index < -0.39 is 0 Å². The summed E-state index contributed by atoms with van der Waals surface area (Å²) in [5.41, 5.74) is 6.92. The van der Waals surface area contributed by atoms with Crippen LogP contribution >= 0.6 is 0 Å². The highest BCUT2D eigenvalue weighted by Crippen LogP contribution is 2.30. The lowest BCUT2D eigenvalue weighted by Gasteiger charge is -2.23. The van der Waals surface area contributed by atoms with E-state index >= 15 is 0 Å². The van der Waals surface area contributed by atoms with Crippen molar-refractivity contribution in [2.24, 2.45) is 5.73 Å². The van der Waals surface area contributed by atoms with Gasteiger partial charge in [-0.1, -0.05) is 6.07 Å². The van der Waals surface area contributed by atoms with Gasteiger partial charge in [0.2, 0.25) is 0 Å². The molecule has 1 aromatic rings. The third-order valence-electron chi connectivity index (χ3n) is 2.85. The maximum absolute atomic E-state index is 5.59. The van der Waals surface area contributed by atoms with Crippen molar-refractivity contribution in [3.8, 4) is 0 Å². The summed E-state index contributed by atoms with van der Waals surface area (Å²) < 4.78 is 0. The van der Waals surface area contributed by atoms with Crippen molar-refractivity contribution in [2.45, 2.75) is 18.9 Å². The number of aromatic nitrogens is 1. The molecular formula is C11H17N3. The Hall–Kier alpha value is -0.930. The highest BCUT2D eigenvalue weighted by molar-refractivity contribution is 5.15. The molecule has 1 aliphatic rings. The fourth-order valence-electron chi connectivity index (χ4n) is 2.21. The number of rotatable bonds is 3. The molecule has 3 heteroatoms. The van der Waals surface area contributed by atoms with Gasteiger partial charge in [-0.15, -0.1) is 0 Å². The van der Waals surface area contributed by atoms with Crippen LogP contribution in [0, 0.1) is 0 Å². The first-order valence-electron chi connectivity index (χ1n) is 5.26. The Morgan fingerprint density at radius 2 is 2.50 bits per heavy atom. The zero-order valence-electron chi connectivity index (χ0n) is 8.39. The van der Waals surface area contributed by atoms with Gasteiger partial charge in [-0.3, -0.25) is 9.88 Å². The van der Waals surface area contributed by atoms with E-state index in [0.29, 0.717) is 6.04 Å². The highest BCUT2D eigenvalue weighted by atomic mass is 15.2. The van der Waals surface area contributed by atoms with Gasteiger partial charge in [0.05, 0.1) is 0 Å². The Bertz CT molecular complexity index is 273. The maximum Gasteiger partial charge on any atom is 0.0364 e. The van der Waals surface area contributed by atoms with Crippen molar-refractivity contribution >= 4 is 0 Å². The summed E-state index contributed by atoms with van der Waals surface area (Å²) in [6.07, 6.45) is 6.32. The van der Waals surface area contributed by atoms with Gasteiger partial charge in [0.15, 0.2) is 0 Å². The lowest BCUT2D eigenvalue weighted by molar-refractivity contribution is 0.264. The molecule has 14 heavy (non-hydrogen) atoms. The molecule has 0 radical (unpaired) electrons. The summed E-state index contributed by atoms with van der Waals surface area (Å²) in [7, 11) is 0. The number of likely N-dealkylation sites (tertiary alicyclic amines) is 1. The van der Waals surface area contributed by atoms with Crippen LogP contribution in [0.1, 0.15) is 24.4 Å². The number of nitrogens with zero attached hydrogens (tertiary/aromatic N) is 2. The number of hydrogen-bond acceptors (Lipinski definition) is 3. The van der Waals surface area contributed by atoms with Crippen molar-refractivity contribution in [1.82, 2.24) is 9.88 Å². The Labute approximate surface area is 84.9 Å². The molecule has 2 rings (SSSR count). The van der Waals surface area contributed by atoms with E-state index in [9.17, 15) is 0 Å². The van der Waals surface area contributed by atoms with Crippen LogP contribution in [0.4, 0.5) is 0 Å². The van der Waals surface area contributed by atoms with Crippen LogP contribution < -0.4 is 5.73 Å². The molecule has 3 nitrogen and oxygen atoms in total. The third kappa shape index (κ3) is 1.94. The van der Waals surface area contributed by atoms with Gasteiger partial charge in [0.25, 0.3) is 0 Å². The van der Waals surface area contributed by atoms with Crippen LogP contribution in [0.3, 0.4) is 0 Å². The Morgan fingerprint density at radius 3 is 3.21 bits per heavy atom. The standard InChI is InChI=1S/C11H17N3/c12-5-8-14-7-2-4-11(14)10-3-1-6-13-9-10/h1,3,6,9,11H,2,4-5,7-8,12H2. The van der Waals surface area contributed by atoms with E-state index in [2.05, 4.69) is 16.0 Å². The summed E-state index contributed by atoms with van der Waals surface area (Å²) in [4.78, 5) is 6.62. The van der Waals surface area contributed by atoms with Gasteiger partial charge < -0.3 is 5.73 Å². The Kier molecular flexibility index (Phi) is 3.11. The van der Waals surface area contributed by atoms with Gasteiger partial charge in [0, 0.05) is 31.5 Å². The van der Waals surface area contributed by atoms with E-state index in [1.807, 2.05) is 18.5 Å². The zero-order valence-corrected chi connectivity index (χ0v) is 8.39. The van der Waals surface area contributed by atoms with Crippen molar-refractivity contribution in [3.63, 3.8) is 0 Å². The summed E-state index contributed by atoms with van der Waals surface area (Å²) in [5.74, 6) is 0. The molecule has 2 N–H and O–H groups in total. The minimum atomic E-state index is 0.548. The van der Waals surface area contributed by atoms with Crippen LogP contribution in [-0.2, 0) is 0 Å². The molecule has 1 fully saturated rings. The Balaban J connectivity index is 2.10. The second-order valence-corrected chi connectivity index (χ2v) is 3.77. The molecule has 1 atom stereocenters. The van der Waals surface area contributed by atoms with Crippen LogP contribution in [0.5, 0.6) is 0 Å². The third-order valence-corrected chi connectivity index (χ3v) is 2.85. The van der Waals surface area contributed by atoms with Gasteiger partial charge in [-0.25, -0.2) is 0 Å². The molecule has 1 saturated heterocycles. The van der Waals surface area contributed by atoms with E-state index in [4.69, 9.17) is 5.73 Å². The molecule has 0 amide bonds. The zero-order chi connectivity index (χ0) is 9.80. The first-order valence-corrected chi connectivity index (χ1v) is 5.26. The van der Waals surface area contributed by atoms with Gasteiger partial charge in [0.1, 0.15) is 0 Å². The lowest BCUT2D eigenvalue weighted by atomic mass is 10.1. The number of pyridine rings is 1. The minimum Gasteiger partial charge on any atom is -0.329 e. The van der Waals surface area contributed by atoms with Crippen molar-refractivity contribution < 1.29 is 0 Å². The molecule has 0 aromatic carbocycles. The van der Waals surface area contributed by atoms with Crippen LogP contribution in [0.2, 0.25) is 0 Å². The minimum absolute atomic E-state index is 0.548. The van der Waals surface area contributed by atoms with Crippen LogP contribution in [0.15, 0.2) is 24.5 Å². The van der Waals surface area contributed by atoms with Crippen LogP contribution in [0.25, 0.3) is 0 Å². The topological polar surface area (TPSA) is 42.1 Å². The second kappa shape index (κ2) is 4.53. The summed E-state index contributed by atoms with van der Waals surface area (Å²) >= 11 is 0. The highest BCUT2D eigenvalue weighted by Gasteiger charge is 2.24. The van der Waals surface area contributed by atoms with E-state index in [-0.39, 0.29) is 0 Å². The molecule has 1 aromatic heterocycles. The Morgan fingerprint density at radius 1 is 1.57 bits per heavy atom. The van der Waals surface area contributed by atoms with Crippen molar-refractivity contribution in [2.75, 3.05) is 19.6 Å². The molecular weight excluding hydrogens is 174 g/mol. The number of nitrogens with two attached hydrogens (primary N) is 1. The monoisotopic (exact) mass is 191 g/mol. The largest absolute Gasteiger partial charge is 0.329 e. The summed E-state index contributed by atoms with van der Waals surface area (Å²) in [6.45, 7) is 2.92. The SMILES string of the molecule is NCCN1CCCC1c1cccnc1. The molecule has 0 bridgehead atoms. The van der Waals surface area contributed by atoms with Gasteiger partial charge in [-0.05, 0) is 31.0 Å². The van der Waals surface area contributed by atoms with Gasteiger partial charge in [-0.2, -0.15) is 0 Å². The summed E-state index contributed by atoms with van der Waals surface area (Å²) in [6, 6.07) is 4.72. The average Bonchev–Trinajstić information content (AvgIpc) is 2.68. The van der Waals surface area contributed by atoms with E-state index in [1.165, 1.54) is 24.9 Å². The molecule has 2 heterocycles. The molecule has 76 valence electrons. The van der Waals surface area contributed by atoms with Crippen molar-refractivity contribution in [1.29, 1.82) is 0 Å². The van der Waals surface area contributed by atoms with E-state index in [1.54, 1.807) is 0 Å². The van der Waals surface area contributed by atoms with E-state index in [0.717, 1.165) is 13.1 Å². The quantitative estimate of drug-likeness (QED) is 0.780. The average molecular weight is 191 g/mol. The van der Waals surface area contributed by atoms with Crippen LogP contribution in [-0.4, -0.2) is 29.5 Å². The normalized spacial score (nSPS) is 22.8. The first kappa shape index (κ1) is 9.62. The molecule has 0 aliphatic carbocycles. The fraction of sp³-hybridized carbons (Fsp3) is 0.545. The van der Waals surface area contributed by atoms with Crippen molar-refractivity contribution in [3.05, 3.63) is 30.1 Å². The molecule has 0 saturated carbocycles. The molecule has 1 unspecified atom stereocenters. The predicted octanol–water partition coefficient (Wildman–Crippen LogP) is 1.18. The lowest BCUT2D eigenvalue weighted by Crippen LogP contribution is -2.29. The number of hydrogen-bond donors (Lipinski definition) is 1. The smallest absolute Gasteiger partial charge is 0.0364 e. The molecule has 1 aliphatic heterocycles. The molecule has 0 spiro atoms. The van der Waals surface area contributed by atoms with Gasteiger partial charge >= 0.3 is 0 Å². The maximum atomic E-state index is 5.59. The summed E-state index contributed by atoms with van der Waals surface area (Å²) in [5, 5.41) is 0. The fourth-order valence-corrected chi connectivity index (χ4v) is 2.21. The second-order valence-electron chi connectivity index (χ2n) is 3.77. The first-order chi connectivity index (χ1) is 6.92.